The molecule has 2 N–H and O–H groups in total. The van der Waals surface area contributed by atoms with Crippen LogP contribution in [-0.4, -0.2) is 23.2 Å². The Balaban J connectivity index is 3.01. The number of aryl methyl sites for hydroxylation is 1. The number of rotatable bonds is 3. The second kappa shape index (κ2) is 4.79. The monoisotopic (exact) mass is 243 g/mol. The summed E-state index contributed by atoms with van der Waals surface area (Å²) in [5, 5.41) is 11.4. The van der Waals surface area contributed by atoms with Crippen LogP contribution in [0.15, 0.2) is 12.1 Å². The Morgan fingerprint density at radius 3 is 2.47 bits per heavy atom. The van der Waals surface area contributed by atoms with E-state index >= 15 is 0 Å². The Morgan fingerprint density at radius 2 is 1.94 bits per heavy atom. The van der Waals surface area contributed by atoms with E-state index in [0.717, 1.165) is 6.07 Å². The number of hydrogen-bond acceptors (Lipinski definition) is 2. The lowest BCUT2D eigenvalue weighted by Crippen LogP contribution is -2.46. The van der Waals surface area contributed by atoms with Gasteiger partial charge in [-0.15, -0.1) is 0 Å². The lowest BCUT2D eigenvalue weighted by atomic mass is 10.0. The van der Waals surface area contributed by atoms with Crippen LogP contribution in [0.1, 0.15) is 29.8 Å². The predicted molar refractivity (Wildman–Crippen MR) is 59.7 cm³/mol. The fourth-order valence-corrected chi connectivity index (χ4v) is 1.25. The van der Waals surface area contributed by atoms with Crippen LogP contribution in [0.25, 0.3) is 0 Å². The minimum Gasteiger partial charge on any atom is -0.394 e. The third kappa shape index (κ3) is 3.23. The van der Waals surface area contributed by atoms with Gasteiger partial charge in [-0.2, -0.15) is 0 Å². The molecule has 0 aliphatic carbocycles. The molecular formula is C12H15F2NO2. The van der Waals surface area contributed by atoms with Crippen LogP contribution >= 0.6 is 0 Å². The van der Waals surface area contributed by atoms with E-state index in [9.17, 15) is 13.6 Å². The van der Waals surface area contributed by atoms with Crippen molar-refractivity contribution < 1.29 is 18.7 Å². The van der Waals surface area contributed by atoms with Gasteiger partial charge in [0.05, 0.1) is 17.7 Å². The molecule has 0 saturated carbocycles. The average Bonchev–Trinajstić information content (AvgIpc) is 2.22. The second-order valence-electron chi connectivity index (χ2n) is 4.58. The summed E-state index contributed by atoms with van der Waals surface area (Å²) in [6, 6.07) is 1.82. The molecule has 0 bridgehead atoms. The molecule has 0 fully saturated rings. The van der Waals surface area contributed by atoms with Gasteiger partial charge in [-0.05, 0) is 32.4 Å². The quantitative estimate of drug-likeness (QED) is 0.850. The number of halogens is 2. The summed E-state index contributed by atoms with van der Waals surface area (Å²) in [4.78, 5) is 11.7. The van der Waals surface area contributed by atoms with Crippen molar-refractivity contribution in [3.8, 4) is 0 Å². The molecule has 3 nitrogen and oxygen atoms in total. The standard InChI is InChI=1S/C12H15F2NO2/c1-7-4-8(10(14)5-9(7)13)11(17)15-12(2,3)6-16/h4-5,16H,6H2,1-3H3,(H,15,17). The van der Waals surface area contributed by atoms with Crippen LogP contribution in [0.5, 0.6) is 0 Å². The van der Waals surface area contributed by atoms with Gasteiger partial charge in [-0.3, -0.25) is 4.79 Å². The van der Waals surface area contributed by atoms with E-state index < -0.39 is 23.1 Å². The van der Waals surface area contributed by atoms with E-state index in [2.05, 4.69) is 5.32 Å². The zero-order chi connectivity index (χ0) is 13.2. The van der Waals surface area contributed by atoms with Crippen molar-refractivity contribution in [3.63, 3.8) is 0 Å². The van der Waals surface area contributed by atoms with E-state index in [4.69, 9.17) is 5.11 Å². The zero-order valence-corrected chi connectivity index (χ0v) is 9.97. The van der Waals surface area contributed by atoms with Crippen LogP contribution in [0.4, 0.5) is 8.78 Å². The van der Waals surface area contributed by atoms with Gasteiger partial charge in [0.2, 0.25) is 0 Å². The molecule has 0 aliphatic rings. The van der Waals surface area contributed by atoms with Crippen LogP contribution in [0, 0.1) is 18.6 Å². The summed E-state index contributed by atoms with van der Waals surface area (Å²) >= 11 is 0. The molecule has 0 atom stereocenters. The maximum absolute atomic E-state index is 13.4. The molecule has 0 saturated heterocycles. The molecule has 0 heterocycles. The van der Waals surface area contributed by atoms with Crippen molar-refractivity contribution in [2.45, 2.75) is 26.3 Å². The van der Waals surface area contributed by atoms with Gasteiger partial charge >= 0.3 is 0 Å². The molecule has 1 rings (SSSR count). The fraction of sp³-hybridized carbons (Fsp3) is 0.417. The molecule has 1 aromatic carbocycles. The van der Waals surface area contributed by atoms with Crippen molar-refractivity contribution >= 4 is 5.91 Å². The van der Waals surface area contributed by atoms with E-state index in [1.165, 1.54) is 6.92 Å². The van der Waals surface area contributed by atoms with Gasteiger partial charge < -0.3 is 10.4 Å². The average molecular weight is 243 g/mol. The first-order valence-corrected chi connectivity index (χ1v) is 5.16. The number of amides is 1. The Hall–Kier alpha value is -1.49. The summed E-state index contributed by atoms with van der Waals surface area (Å²) in [5.74, 6) is -2.29. The van der Waals surface area contributed by atoms with Crippen LogP contribution < -0.4 is 5.32 Å². The van der Waals surface area contributed by atoms with E-state index in [-0.39, 0.29) is 17.7 Å². The smallest absolute Gasteiger partial charge is 0.254 e. The molecule has 1 aromatic rings. The normalized spacial score (nSPS) is 11.4. The summed E-state index contributed by atoms with van der Waals surface area (Å²) < 4.78 is 26.4. The minimum atomic E-state index is -0.917. The third-order valence-corrected chi connectivity index (χ3v) is 2.34. The van der Waals surface area contributed by atoms with Crippen molar-refractivity contribution in [3.05, 3.63) is 34.9 Å². The van der Waals surface area contributed by atoms with Crippen LogP contribution in [-0.2, 0) is 0 Å². The number of aliphatic hydroxyl groups is 1. The van der Waals surface area contributed by atoms with E-state index in [1.807, 2.05) is 0 Å². The highest BCUT2D eigenvalue weighted by atomic mass is 19.1. The first-order chi connectivity index (χ1) is 7.76. The number of hydrogen-bond donors (Lipinski definition) is 2. The molecule has 94 valence electrons. The highest BCUT2D eigenvalue weighted by Crippen LogP contribution is 2.15. The second-order valence-corrected chi connectivity index (χ2v) is 4.58. The summed E-state index contributed by atoms with van der Waals surface area (Å²) in [7, 11) is 0. The summed E-state index contributed by atoms with van der Waals surface area (Å²) in [6.07, 6.45) is 0. The van der Waals surface area contributed by atoms with Crippen molar-refractivity contribution in [2.75, 3.05) is 6.61 Å². The van der Waals surface area contributed by atoms with E-state index in [1.54, 1.807) is 13.8 Å². The van der Waals surface area contributed by atoms with E-state index in [0.29, 0.717) is 6.07 Å². The Labute approximate surface area is 98.5 Å². The highest BCUT2D eigenvalue weighted by molar-refractivity contribution is 5.95. The predicted octanol–water partition coefficient (Wildman–Crippen LogP) is 1.77. The van der Waals surface area contributed by atoms with Crippen molar-refractivity contribution in [1.82, 2.24) is 5.32 Å². The summed E-state index contributed by atoms with van der Waals surface area (Å²) in [5.41, 5.74) is -0.894. The number of carbonyl (C=O) groups excluding carboxylic acids is 1. The molecule has 0 radical (unpaired) electrons. The van der Waals surface area contributed by atoms with Gasteiger partial charge in [-0.25, -0.2) is 8.78 Å². The number of nitrogens with one attached hydrogen (secondary N) is 1. The van der Waals surface area contributed by atoms with Gasteiger partial charge in [0.25, 0.3) is 5.91 Å². The van der Waals surface area contributed by atoms with Crippen molar-refractivity contribution in [2.24, 2.45) is 0 Å². The van der Waals surface area contributed by atoms with Gasteiger partial charge in [0.15, 0.2) is 0 Å². The first kappa shape index (κ1) is 13.6. The maximum Gasteiger partial charge on any atom is 0.254 e. The molecule has 5 heteroatoms. The molecule has 0 unspecified atom stereocenters. The molecule has 17 heavy (non-hydrogen) atoms. The SMILES string of the molecule is Cc1cc(C(=O)NC(C)(C)CO)c(F)cc1F. The molecule has 1 amide bonds. The number of benzene rings is 1. The van der Waals surface area contributed by atoms with Gasteiger partial charge in [0.1, 0.15) is 11.6 Å². The van der Waals surface area contributed by atoms with Gasteiger partial charge in [-0.1, -0.05) is 0 Å². The lowest BCUT2D eigenvalue weighted by molar-refractivity contribution is 0.0865. The van der Waals surface area contributed by atoms with Gasteiger partial charge in [0, 0.05) is 6.07 Å². The number of carbonyl (C=O) groups is 1. The topological polar surface area (TPSA) is 49.3 Å². The highest BCUT2D eigenvalue weighted by Gasteiger charge is 2.22. The lowest BCUT2D eigenvalue weighted by Gasteiger charge is -2.23. The van der Waals surface area contributed by atoms with Crippen molar-refractivity contribution in [1.29, 1.82) is 0 Å². The first-order valence-electron chi connectivity index (χ1n) is 5.16. The number of aliphatic hydroxyl groups excluding tert-OH is 1. The maximum atomic E-state index is 13.4. The van der Waals surface area contributed by atoms with Crippen LogP contribution in [0.2, 0.25) is 0 Å². The molecule has 0 aromatic heterocycles. The Kier molecular flexibility index (Phi) is 3.83. The third-order valence-electron chi connectivity index (χ3n) is 2.34. The Bertz CT molecular complexity index is 444. The summed E-state index contributed by atoms with van der Waals surface area (Å²) in [6.45, 7) is 4.36. The molecule has 0 aliphatic heterocycles. The van der Waals surface area contributed by atoms with Crippen LogP contribution in [0.3, 0.4) is 0 Å². The fourth-order valence-electron chi connectivity index (χ4n) is 1.25. The molecular weight excluding hydrogens is 228 g/mol. The minimum absolute atomic E-state index is 0.193. The molecule has 0 spiro atoms. The zero-order valence-electron chi connectivity index (χ0n) is 9.97. The largest absolute Gasteiger partial charge is 0.394 e. The Morgan fingerprint density at radius 1 is 1.35 bits per heavy atom.